The number of phenolic OH excluding ortho intramolecular Hbond substituents is 1. The number of anilines is 2. The number of halogens is 10. The highest BCUT2D eigenvalue weighted by molar-refractivity contribution is 5.91. The lowest BCUT2D eigenvalue weighted by Gasteiger charge is -2.48. The lowest BCUT2D eigenvalue weighted by atomic mass is 9.85. The minimum atomic E-state index is -4.73. The van der Waals surface area contributed by atoms with Crippen molar-refractivity contribution in [3.63, 3.8) is 0 Å². The first kappa shape index (κ1) is 64.5. The Kier molecular flexibility index (Phi) is 19.0. The number of hydrogen-bond acceptors (Lipinski definition) is 14. The zero-order valence-electron chi connectivity index (χ0n) is 47.9. The maximum Gasteiger partial charge on any atom is 0.416 e. The first-order valence-electron chi connectivity index (χ1n) is 28.6. The van der Waals surface area contributed by atoms with Gasteiger partial charge in [-0.05, 0) is 138 Å². The van der Waals surface area contributed by atoms with E-state index in [1.165, 1.54) is 30.2 Å². The Morgan fingerprint density at radius 2 is 1.15 bits per heavy atom. The van der Waals surface area contributed by atoms with Gasteiger partial charge in [0.1, 0.15) is 17.2 Å². The van der Waals surface area contributed by atoms with Crippen LogP contribution in [0, 0.1) is 35.1 Å². The molecule has 7 aliphatic rings. The third-order valence-corrected chi connectivity index (χ3v) is 17.7. The molecule has 6 fully saturated rings. The van der Waals surface area contributed by atoms with Crippen molar-refractivity contribution in [3.8, 4) is 11.5 Å². The van der Waals surface area contributed by atoms with Crippen molar-refractivity contribution in [1.82, 2.24) is 14.7 Å². The summed E-state index contributed by atoms with van der Waals surface area (Å²) in [4.78, 5) is 59.1. The van der Waals surface area contributed by atoms with Crippen LogP contribution in [-0.4, -0.2) is 156 Å². The van der Waals surface area contributed by atoms with Crippen LogP contribution in [0.5, 0.6) is 11.5 Å². The van der Waals surface area contributed by atoms with Gasteiger partial charge in [-0.1, -0.05) is 0 Å². The summed E-state index contributed by atoms with van der Waals surface area (Å²) in [6.45, 7) is 8.25. The SMILES string of the molecule is COC(=O)c1cc(N2CCN([C@@H]3CC[C@@](C(=O)O)(C4CC4)OC3)C[C@@H]2C)ccc1F.C[C@H]1CN([C@@H]2CC[C@@](C(=O)N3COc4c(F)cc(C(F)(F)F)cc4C3)(C3CC3)OC2)CCN1c1ccc(F)c(C(=O)O)c1.NCc1cc(C(F)(F)F)cc(F)c1O. The zero-order chi connectivity index (χ0) is 63.1. The molecule has 27 heteroatoms. The van der Waals surface area contributed by atoms with Crippen LogP contribution < -0.4 is 20.3 Å². The molecule has 0 radical (unpaired) electrons. The van der Waals surface area contributed by atoms with Crippen molar-refractivity contribution in [2.24, 2.45) is 17.6 Å². The van der Waals surface area contributed by atoms with E-state index in [2.05, 4.69) is 26.4 Å². The molecule has 4 aromatic carbocycles. The van der Waals surface area contributed by atoms with Crippen molar-refractivity contribution >= 4 is 35.2 Å². The number of ether oxygens (including phenoxy) is 4. The van der Waals surface area contributed by atoms with E-state index in [1.807, 2.05) is 11.8 Å². The van der Waals surface area contributed by atoms with Gasteiger partial charge in [0.05, 0.1) is 49.1 Å². The highest BCUT2D eigenvalue weighted by Crippen LogP contribution is 2.50. The second-order valence-electron chi connectivity index (χ2n) is 23.2. The molecule has 6 atom stereocenters. The molecule has 0 aromatic heterocycles. The molecule has 0 unspecified atom stereocenters. The van der Waals surface area contributed by atoms with E-state index in [4.69, 9.17) is 25.1 Å². The van der Waals surface area contributed by atoms with Gasteiger partial charge in [0.25, 0.3) is 5.91 Å². The van der Waals surface area contributed by atoms with Crippen LogP contribution in [0.1, 0.15) is 108 Å². The number of fused-ring (bicyclic) bond motifs is 1. The van der Waals surface area contributed by atoms with Gasteiger partial charge < -0.3 is 54.7 Å². The number of hydrogen-bond donors (Lipinski definition) is 4. The number of aromatic hydroxyl groups is 1. The Labute approximate surface area is 494 Å². The molecular weight excluding hydrogens is 1170 g/mol. The van der Waals surface area contributed by atoms with Gasteiger partial charge >= 0.3 is 30.3 Å². The standard InChI is InChI=1S/C30H32F5N3O5.C22H29FN2O5.C8H7F4NO/c1-17-13-36(8-9-38(17)21-4-5-24(31)23(12-21)27(39)40)22-6-7-29(43-15-22,19-2-3-19)28(41)37-14-18-10-20(30(33,34)35)11-25(32)26(18)42-16-37;1-14-12-24(17-7-8-22(21(27)28,30-13-17)15-3-4-15)9-10-25(14)16-5-6-19(23)18(11-16)20(26)29-2;9-6-2-5(8(10,11)12)1-4(3-13)7(6)14/h4-5,10-12,17,19,22H,2-3,6-9,13-16H2,1H3,(H,39,40);5-6,11,14-15,17H,3-4,7-10,12-13H2,1-2H3,(H,27,28);1-2,14H,3,13H2/t17-,22+,29-;14-,17+,22-;/m00./s1. The average molecular weight is 1240 g/mol. The molecular formula is C60H68F10N6O11. The fourth-order valence-electron chi connectivity index (χ4n) is 12.6. The summed E-state index contributed by atoms with van der Waals surface area (Å²) in [5.74, 6) is -7.91. The van der Waals surface area contributed by atoms with Crippen LogP contribution in [0.3, 0.4) is 0 Å². The maximum atomic E-state index is 14.4. The number of aromatic carboxylic acids is 1. The molecule has 11 rings (SSSR count). The third kappa shape index (κ3) is 13.9. The van der Waals surface area contributed by atoms with Crippen molar-refractivity contribution < 1.29 is 97.3 Å². The molecule has 474 valence electrons. The van der Waals surface area contributed by atoms with Crippen LogP contribution >= 0.6 is 0 Å². The molecule has 17 nitrogen and oxygen atoms in total. The normalized spacial score (nSPS) is 25.4. The Bertz CT molecular complexity index is 3200. The summed E-state index contributed by atoms with van der Waals surface area (Å²) in [6.07, 6.45) is -3.38. The largest absolute Gasteiger partial charge is 0.505 e. The van der Waals surface area contributed by atoms with Crippen LogP contribution in [0.15, 0.2) is 60.7 Å². The van der Waals surface area contributed by atoms with E-state index in [-0.39, 0.29) is 95.8 Å². The predicted octanol–water partition coefficient (Wildman–Crippen LogP) is 9.44. The summed E-state index contributed by atoms with van der Waals surface area (Å²) < 4.78 is 154. The lowest BCUT2D eigenvalue weighted by molar-refractivity contribution is -0.182. The molecule has 4 aromatic rings. The average Bonchev–Trinajstić information content (AvgIpc) is 2.07. The number of methoxy groups -OCH3 is 1. The number of benzene rings is 4. The number of carboxylic acid groups (broad SMARTS) is 2. The quantitative estimate of drug-likeness (QED) is 0.0815. The molecule has 2 aliphatic carbocycles. The van der Waals surface area contributed by atoms with Crippen molar-refractivity contribution in [1.29, 1.82) is 0 Å². The number of amides is 1. The van der Waals surface area contributed by atoms with Crippen molar-refractivity contribution in [2.75, 3.05) is 76.1 Å². The van der Waals surface area contributed by atoms with E-state index in [0.717, 1.165) is 63.5 Å². The Morgan fingerprint density at radius 1 is 0.655 bits per heavy atom. The monoisotopic (exact) mass is 1240 g/mol. The molecule has 87 heavy (non-hydrogen) atoms. The highest BCUT2D eigenvalue weighted by atomic mass is 19.4. The lowest BCUT2D eigenvalue weighted by Crippen LogP contribution is -2.61. The van der Waals surface area contributed by atoms with Gasteiger partial charge in [-0.15, -0.1) is 0 Å². The highest BCUT2D eigenvalue weighted by Gasteiger charge is 2.57. The first-order chi connectivity index (χ1) is 41.1. The minimum Gasteiger partial charge on any atom is -0.505 e. The second-order valence-corrected chi connectivity index (χ2v) is 23.2. The van der Waals surface area contributed by atoms with Crippen molar-refractivity contribution in [2.45, 2.75) is 126 Å². The maximum absolute atomic E-state index is 14.4. The molecule has 5 heterocycles. The second kappa shape index (κ2) is 25.6. The molecule has 5 N–H and O–H groups in total. The van der Waals surface area contributed by atoms with Crippen LogP contribution in [0.2, 0.25) is 0 Å². The van der Waals surface area contributed by atoms with Gasteiger partial charge in [0.2, 0.25) is 0 Å². The van der Waals surface area contributed by atoms with Gasteiger partial charge in [-0.2, -0.15) is 26.3 Å². The van der Waals surface area contributed by atoms with E-state index in [0.29, 0.717) is 69.9 Å². The van der Waals surface area contributed by atoms with E-state index >= 15 is 0 Å². The van der Waals surface area contributed by atoms with E-state index in [1.54, 1.807) is 18.2 Å². The fourth-order valence-corrected chi connectivity index (χ4v) is 12.6. The van der Waals surface area contributed by atoms with Crippen molar-refractivity contribution in [3.05, 3.63) is 117 Å². The number of carboxylic acids is 2. The fraction of sp³-hybridized carbons (Fsp3) is 0.533. The third-order valence-electron chi connectivity index (χ3n) is 17.7. The summed E-state index contributed by atoms with van der Waals surface area (Å²) in [6, 6.07) is 11.1. The number of nitrogens with two attached hydrogens (primary N) is 1. The molecule has 0 spiro atoms. The van der Waals surface area contributed by atoms with Gasteiger partial charge in [-0.3, -0.25) is 14.6 Å². The predicted molar refractivity (Wildman–Crippen MR) is 293 cm³/mol. The van der Waals surface area contributed by atoms with Crippen LogP contribution in [-0.2, 0) is 49.2 Å². The number of aliphatic carboxylic acids is 1. The summed E-state index contributed by atoms with van der Waals surface area (Å²) in [5, 5.41) is 28.0. The van der Waals surface area contributed by atoms with Gasteiger partial charge in [-0.25, -0.2) is 31.9 Å². The number of nitrogens with zero attached hydrogens (tertiary/aromatic N) is 5. The van der Waals surface area contributed by atoms with Crippen LogP contribution in [0.4, 0.5) is 55.3 Å². The Balaban J connectivity index is 0.000000177. The Hall–Kier alpha value is -6.94. The van der Waals surface area contributed by atoms with Crippen LogP contribution in [0.25, 0.3) is 0 Å². The smallest absolute Gasteiger partial charge is 0.416 e. The molecule has 4 saturated heterocycles. The number of phenols is 1. The number of rotatable bonds is 11. The topological polar surface area (TPSA) is 208 Å². The number of piperazine rings is 2. The van der Waals surface area contributed by atoms with E-state index in [9.17, 15) is 73.3 Å². The summed E-state index contributed by atoms with van der Waals surface area (Å²) in [5.41, 5.74) is 1.36. The minimum absolute atomic E-state index is 0.00160. The summed E-state index contributed by atoms with van der Waals surface area (Å²) in [7, 11) is 1.24. The molecule has 5 aliphatic heterocycles. The van der Waals surface area contributed by atoms with Gasteiger partial charge in [0, 0.05) is 92.5 Å². The molecule has 2 saturated carbocycles. The van der Waals surface area contributed by atoms with Gasteiger partial charge in [0.15, 0.2) is 35.5 Å². The number of carbonyl (C=O) groups excluding carboxylic acids is 2. The zero-order valence-corrected chi connectivity index (χ0v) is 47.9. The number of alkyl halides is 6. The summed E-state index contributed by atoms with van der Waals surface area (Å²) >= 11 is 0. The number of esters is 1. The first-order valence-corrected chi connectivity index (χ1v) is 28.6. The molecule has 0 bridgehead atoms. The molecule has 1 amide bonds. The number of carbonyl (C=O) groups is 4. The van der Waals surface area contributed by atoms with E-state index < -0.39 is 81.6 Å². The Morgan fingerprint density at radius 3 is 1.61 bits per heavy atom.